The molecule has 1 amide bonds. The fraction of sp³-hybridized carbons (Fsp3) is 0.296. The first kappa shape index (κ1) is 26.6. The molecule has 1 N–H and O–H groups in total. The van der Waals surface area contributed by atoms with Crippen molar-refractivity contribution in [3.8, 4) is 5.75 Å². The lowest BCUT2D eigenvalue weighted by molar-refractivity contribution is -0.120. The fourth-order valence-electron chi connectivity index (χ4n) is 3.90. The molecule has 35 heavy (non-hydrogen) atoms. The van der Waals surface area contributed by atoms with Crippen molar-refractivity contribution in [3.05, 3.63) is 87.9 Å². The van der Waals surface area contributed by atoms with Crippen LogP contribution in [0.15, 0.2) is 65.6 Å². The maximum Gasteiger partial charge on any atom is 0.264 e. The maximum atomic E-state index is 13.7. The summed E-state index contributed by atoms with van der Waals surface area (Å²) in [7, 11) is -2.42. The molecule has 3 rings (SSSR count). The number of carbonyl (C=O) groups excluding carboxylic acids is 1. The molecule has 8 heteroatoms. The van der Waals surface area contributed by atoms with Crippen LogP contribution in [-0.2, 0) is 14.8 Å². The monoisotopic (exact) mass is 514 g/mol. The first-order valence-electron chi connectivity index (χ1n) is 11.4. The van der Waals surface area contributed by atoms with Gasteiger partial charge >= 0.3 is 0 Å². The minimum absolute atomic E-state index is 0.105. The number of rotatable bonds is 9. The number of halogens is 1. The summed E-state index contributed by atoms with van der Waals surface area (Å²) in [5.41, 5.74) is 3.87. The molecule has 0 saturated heterocycles. The zero-order valence-electron chi connectivity index (χ0n) is 20.6. The third-order valence-electron chi connectivity index (χ3n) is 5.90. The fourth-order valence-corrected chi connectivity index (χ4v) is 5.54. The number of hydrogen-bond donors (Lipinski definition) is 1. The van der Waals surface area contributed by atoms with Crippen LogP contribution in [0.25, 0.3) is 0 Å². The second-order valence-corrected chi connectivity index (χ2v) is 10.8. The van der Waals surface area contributed by atoms with Gasteiger partial charge in [0.2, 0.25) is 5.91 Å². The van der Waals surface area contributed by atoms with Gasteiger partial charge in [-0.15, -0.1) is 0 Å². The number of carbonyl (C=O) groups is 1. The van der Waals surface area contributed by atoms with Gasteiger partial charge in [-0.25, -0.2) is 8.42 Å². The van der Waals surface area contributed by atoms with Crippen molar-refractivity contribution in [2.45, 2.75) is 45.1 Å². The van der Waals surface area contributed by atoms with E-state index in [9.17, 15) is 13.2 Å². The van der Waals surface area contributed by atoms with Gasteiger partial charge in [-0.3, -0.25) is 9.10 Å². The van der Waals surface area contributed by atoms with Gasteiger partial charge in [0.15, 0.2) is 0 Å². The standard InChI is InChI=1S/C27H31ClN2O4S/c1-6-24(21-10-14-26(34-5)20(4)15-21)29-27(31)17-30(25-16-22(28)11-9-19(25)3)35(32,33)23-12-7-18(2)8-13-23/h7-16,24H,6,17H2,1-5H3,(H,29,31)/t24-/m1/s1. The third-order valence-corrected chi connectivity index (χ3v) is 7.91. The minimum atomic E-state index is -4.03. The molecular formula is C27H31ClN2O4S. The first-order chi connectivity index (χ1) is 16.6. The summed E-state index contributed by atoms with van der Waals surface area (Å²) < 4.78 is 33.8. The lowest BCUT2D eigenvalue weighted by Gasteiger charge is -2.27. The van der Waals surface area contributed by atoms with Gasteiger partial charge in [-0.1, -0.05) is 54.4 Å². The number of sulfonamides is 1. The number of aryl methyl sites for hydroxylation is 3. The number of benzene rings is 3. The number of amides is 1. The number of methoxy groups -OCH3 is 1. The predicted molar refractivity (Wildman–Crippen MR) is 141 cm³/mol. The number of ether oxygens (including phenoxy) is 1. The molecule has 0 fully saturated rings. The van der Waals surface area contributed by atoms with Crippen LogP contribution in [0.5, 0.6) is 5.75 Å². The van der Waals surface area contributed by atoms with Gasteiger partial charge in [0.05, 0.1) is 23.7 Å². The highest BCUT2D eigenvalue weighted by atomic mass is 35.5. The summed E-state index contributed by atoms with van der Waals surface area (Å²) in [5, 5.41) is 3.38. The van der Waals surface area contributed by atoms with Gasteiger partial charge in [0.25, 0.3) is 10.0 Å². The van der Waals surface area contributed by atoms with Crippen LogP contribution >= 0.6 is 11.6 Å². The van der Waals surface area contributed by atoms with E-state index in [1.54, 1.807) is 56.5 Å². The average molecular weight is 515 g/mol. The van der Waals surface area contributed by atoms with Crippen LogP contribution in [0.2, 0.25) is 5.02 Å². The molecule has 0 heterocycles. The van der Waals surface area contributed by atoms with E-state index in [2.05, 4.69) is 5.32 Å². The quantitative estimate of drug-likeness (QED) is 0.395. The van der Waals surface area contributed by atoms with Crippen LogP contribution in [0, 0.1) is 20.8 Å². The van der Waals surface area contributed by atoms with E-state index in [-0.39, 0.29) is 17.5 Å². The smallest absolute Gasteiger partial charge is 0.264 e. The topological polar surface area (TPSA) is 75.7 Å². The minimum Gasteiger partial charge on any atom is -0.496 e. The van der Waals surface area contributed by atoms with Crippen LogP contribution in [0.4, 0.5) is 5.69 Å². The normalized spacial score (nSPS) is 12.2. The van der Waals surface area contributed by atoms with E-state index in [0.29, 0.717) is 22.7 Å². The molecule has 0 aliphatic heterocycles. The third kappa shape index (κ3) is 6.16. The summed E-state index contributed by atoms with van der Waals surface area (Å²) in [6.07, 6.45) is 0.637. The largest absolute Gasteiger partial charge is 0.496 e. The average Bonchev–Trinajstić information content (AvgIpc) is 2.82. The summed E-state index contributed by atoms with van der Waals surface area (Å²) in [6.45, 7) is 7.19. The molecule has 0 radical (unpaired) electrons. The van der Waals surface area contributed by atoms with Gasteiger partial charge in [0, 0.05) is 5.02 Å². The molecule has 186 valence electrons. The van der Waals surface area contributed by atoms with Crippen molar-refractivity contribution < 1.29 is 17.9 Å². The van der Waals surface area contributed by atoms with Crippen molar-refractivity contribution in [2.75, 3.05) is 18.0 Å². The summed E-state index contributed by atoms with van der Waals surface area (Å²) in [4.78, 5) is 13.3. The molecule has 1 atom stereocenters. The van der Waals surface area contributed by atoms with Crippen molar-refractivity contribution >= 4 is 33.2 Å². The molecule has 0 unspecified atom stereocenters. The molecule has 3 aromatic rings. The van der Waals surface area contributed by atoms with Crippen LogP contribution in [-0.4, -0.2) is 28.0 Å². The Morgan fingerprint density at radius 1 is 1.00 bits per heavy atom. The zero-order chi connectivity index (χ0) is 25.8. The Morgan fingerprint density at radius 3 is 2.29 bits per heavy atom. The van der Waals surface area contributed by atoms with E-state index in [1.165, 1.54) is 0 Å². The molecule has 0 spiro atoms. The first-order valence-corrected chi connectivity index (χ1v) is 13.2. The van der Waals surface area contributed by atoms with Crippen LogP contribution in [0.1, 0.15) is 41.6 Å². The molecule has 0 saturated carbocycles. The van der Waals surface area contributed by atoms with E-state index in [1.807, 2.05) is 39.0 Å². The molecule has 0 aliphatic carbocycles. The predicted octanol–water partition coefficient (Wildman–Crippen LogP) is 5.74. The van der Waals surface area contributed by atoms with Crippen molar-refractivity contribution in [1.82, 2.24) is 5.32 Å². The number of nitrogens with one attached hydrogen (secondary N) is 1. The lowest BCUT2D eigenvalue weighted by atomic mass is 10.0. The molecule has 0 bridgehead atoms. The van der Waals surface area contributed by atoms with E-state index >= 15 is 0 Å². The highest BCUT2D eigenvalue weighted by Crippen LogP contribution is 2.30. The zero-order valence-corrected chi connectivity index (χ0v) is 22.2. The Labute approximate surface area is 212 Å². The van der Waals surface area contributed by atoms with Crippen molar-refractivity contribution in [1.29, 1.82) is 0 Å². The second-order valence-electron chi connectivity index (χ2n) is 8.51. The van der Waals surface area contributed by atoms with Gasteiger partial charge in [-0.05, 0) is 74.2 Å². The highest BCUT2D eigenvalue weighted by Gasteiger charge is 2.29. The highest BCUT2D eigenvalue weighted by molar-refractivity contribution is 7.92. The summed E-state index contributed by atoms with van der Waals surface area (Å²) in [5.74, 6) is 0.349. The van der Waals surface area contributed by atoms with E-state index in [0.717, 1.165) is 26.7 Å². The van der Waals surface area contributed by atoms with Crippen LogP contribution < -0.4 is 14.4 Å². The lowest BCUT2D eigenvalue weighted by Crippen LogP contribution is -2.42. The number of anilines is 1. The summed E-state index contributed by atoms with van der Waals surface area (Å²) in [6, 6.07) is 17.0. The Hall–Kier alpha value is -3.03. The van der Waals surface area contributed by atoms with E-state index in [4.69, 9.17) is 16.3 Å². The molecular weight excluding hydrogens is 484 g/mol. The SMILES string of the molecule is CC[C@@H](NC(=O)CN(c1cc(Cl)ccc1C)S(=O)(=O)c1ccc(C)cc1)c1ccc(OC)c(C)c1. The van der Waals surface area contributed by atoms with Gasteiger partial charge in [0.1, 0.15) is 12.3 Å². The molecule has 3 aromatic carbocycles. The Kier molecular flexibility index (Phi) is 8.46. The summed E-state index contributed by atoms with van der Waals surface area (Å²) >= 11 is 6.21. The number of hydrogen-bond acceptors (Lipinski definition) is 4. The van der Waals surface area contributed by atoms with Crippen LogP contribution in [0.3, 0.4) is 0 Å². The van der Waals surface area contributed by atoms with E-state index < -0.39 is 15.9 Å². The van der Waals surface area contributed by atoms with Crippen molar-refractivity contribution in [2.24, 2.45) is 0 Å². The molecule has 0 aromatic heterocycles. The Morgan fingerprint density at radius 2 is 1.69 bits per heavy atom. The Balaban J connectivity index is 1.95. The molecule has 0 aliphatic rings. The van der Waals surface area contributed by atoms with Crippen molar-refractivity contribution in [3.63, 3.8) is 0 Å². The second kappa shape index (κ2) is 11.1. The van der Waals surface area contributed by atoms with Gasteiger partial charge in [-0.2, -0.15) is 0 Å². The van der Waals surface area contributed by atoms with Gasteiger partial charge < -0.3 is 10.1 Å². The molecule has 6 nitrogen and oxygen atoms in total. The Bertz CT molecular complexity index is 1310. The number of nitrogens with zero attached hydrogens (tertiary/aromatic N) is 1. The maximum absolute atomic E-state index is 13.7.